The molecule has 2 aromatic rings. The summed E-state index contributed by atoms with van der Waals surface area (Å²) in [6.45, 7) is 1.87. The van der Waals surface area contributed by atoms with E-state index in [1.165, 1.54) is 13.0 Å². The molecular formula is C22H26N2O6. The molecule has 0 saturated heterocycles. The Bertz CT molecular complexity index is 897. The van der Waals surface area contributed by atoms with Crippen LogP contribution in [0.15, 0.2) is 42.5 Å². The summed E-state index contributed by atoms with van der Waals surface area (Å²) in [5.74, 6) is 0.678. The molecule has 0 aliphatic heterocycles. The third-order valence-electron chi connectivity index (χ3n) is 4.18. The van der Waals surface area contributed by atoms with Crippen LogP contribution in [0.1, 0.15) is 29.3 Å². The smallest absolute Gasteiger partial charge is 0.308 e. The lowest BCUT2D eigenvalue weighted by Crippen LogP contribution is -2.34. The molecule has 0 saturated carbocycles. The summed E-state index contributed by atoms with van der Waals surface area (Å²) in [6.07, 6.45) is 0.870. The van der Waals surface area contributed by atoms with Gasteiger partial charge in [-0.1, -0.05) is 12.1 Å². The largest absolute Gasteiger partial charge is 0.493 e. The van der Waals surface area contributed by atoms with Crippen LogP contribution in [0.2, 0.25) is 0 Å². The first-order valence-corrected chi connectivity index (χ1v) is 9.47. The highest BCUT2D eigenvalue weighted by atomic mass is 16.5. The molecule has 0 spiro atoms. The zero-order chi connectivity index (χ0) is 21.9. The minimum absolute atomic E-state index is 0.115. The molecule has 8 heteroatoms. The number of carbonyl (C=O) groups is 3. The van der Waals surface area contributed by atoms with Crippen LogP contribution in [-0.4, -0.2) is 45.1 Å². The second-order valence-corrected chi connectivity index (χ2v) is 6.42. The topological polar surface area (TPSA) is 103 Å². The highest BCUT2D eigenvalue weighted by molar-refractivity contribution is 5.94. The van der Waals surface area contributed by atoms with Gasteiger partial charge < -0.3 is 24.8 Å². The lowest BCUT2D eigenvalue weighted by molar-refractivity contribution is -0.131. The van der Waals surface area contributed by atoms with Gasteiger partial charge in [0.1, 0.15) is 5.75 Å². The van der Waals surface area contributed by atoms with Crippen molar-refractivity contribution in [3.05, 3.63) is 53.6 Å². The minimum Gasteiger partial charge on any atom is -0.493 e. The molecule has 2 aromatic carbocycles. The maximum Gasteiger partial charge on any atom is 0.308 e. The lowest BCUT2D eigenvalue weighted by Gasteiger charge is -2.10. The fraction of sp³-hybridized carbons (Fsp3) is 0.318. The molecule has 2 amide bonds. The fourth-order valence-corrected chi connectivity index (χ4v) is 2.73. The van der Waals surface area contributed by atoms with E-state index in [1.807, 2.05) is 12.1 Å². The number of benzene rings is 2. The zero-order valence-electron chi connectivity index (χ0n) is 17.3. The van der Waals surface area contributed by atoms with Crippen LogP contribution in [0, 0.1) is 0 Å². The van der Waals surface area contributed by atoms with Crippen molar-refractivity contribution in [2.75, 3.05) is 27.3 Å². The Morgan fingerprint density at radius 1 is 0.900 bits per heavy atom. The second kappa shape index (κ2) is 11.5. The molecule has 2 rings (SSSR count). The van der Waals surface area contributed by atoms with Gasteiger partial charge in [0.25, 0.3) is 5.91 Å². The van der Waals surface area contributed by atoms with Crippen molar-refractivity contribution in [1.29, 1.82) is 0 Å². The number of hydrogen-bond acceptors (Lipinski definition) is 6. The van der Waals surface area contributed by atoms with E-state index in [9.17, 15) is 14.4 Å². The van der Waals surface area contributed by atoms with Crippen molar-refractivity contribution in [3.63, 3.8) is 0 Å². The molecule has 2 N–H and O–H groups in total. The monoisotopic (exact) mass is 414 g/mol. The van der Waals surface area contributed by atoms with Crippen LogP contribution in [0.3, 0.4) is 0 Å². The summed E-state index contributed by atoms with van der Waals surface area (Å²) in [5, 5.41) is 5.48. The van der Waals surface area contributed by atoms with Gasteiger partial charge in [0.2, 0.25) is 5.91 Å². The van der Waals surface area contributed by atoms with Gasteiger partial charge in [-0.25, -0.2) is 0 Å². The second-order valence-electron chi connectivity index (χ2n) is 6.42. The van der Waals surface area contributed by atoms with E-state index in [4.69, 9.17) is 14.2 Å². The standard InChI is InChI=1S/C22H26N2O6/c1-15(25)30-18-6-4-5-17(14-18)22(27)24-12-11-23-21(26)10-8-16-7-9-19(28-2)20(13-16)29-3/h4-7,9,13-14H,8,10-12H2,1-3H3,(H,23,26)(H,24,27). The predicted octanol–water partition coefficient (Wildman–Crippen LogP) is 2.11. The molecule has 0 aliphatic carbocycles. The van der Waals surface area contributed by atoms with Gasteiger partial charge in [-0.05, 0) is 42.3 Å². The summed E-state index contributed by atoms with van der Waals surface area (Å²) in [5.41, 5.74) is 1.33. The minimum atomic E-state index is -0.455. The van der Waals surface area contributed by atoms with Crippen molar-refractivity contribution in [3.8, 4) is 17.2 Å². The average Bonchev–Trinajstić information content (AvgIpc) is 2.74. The Labute approximate surface area is 175 Å². The first-order valence-electron chi connectivity index (χ1n) is 9.47. The van der Waals surface area contributed by atoms with Gasteiger partial charge in [-0.3, -0.25) is 14.4 Å². The number of methoxy groups -OCH3 is 2. The molecule has 30 heavy (non-hydrogen) atoms. The number of rotatable bonds is 10. The molecule has 0 fully saturated rings. The number of hydrogen-bond donors (Lipinski definition) is 2. The molecule has 0 aliphatic rings. The first kappa shape index (κ1) is 22.7. The van der Waals surface area contributed by atoms with E-state index in [1.54, 1.807) is 38.5 Å². The van der Waals surface area contributed by atoms with Gasteiger partial charge in [-0.2, -0.15) is 0 Å². The number of nitrogens with one attached hydrogen (secondary N) is 2. The van der Waals surface area contributed by atoms with Gasteiger partial charge in [0, 0.05) is 32.0 Å². The molecular weight excluding hydrogens is 388 g/mol. The number of carbonyl (C=O) groups excluding carboxylic acids is 3. The third kappa shape index (κ3) is 7.12. The Balaban J connectivity index is 1.72. The van der Waals surface area contributed by atoms with Crippen LogP contribution in [0.25, 0.3) is 0 Å². The molecule has 0 aromatic heterocycles. The summed E-state index contributed by atoms with van der Waals surface area (Å²) >= 11 is 0. The summed E-state index contributed by atoms with van der Waals surface area (Å²) in [6, 6.07) is 11.9. The normalized spacial score (nSPS) is 10.1. The Hall–Kier alpha value is -3.55. The van der Waals surface area contributed by atoms with Crippen molar-refractivity contribution < 1.29 is 28.6 Å². The highest BCUT2D eigenvalue weighted by Crippen LogP contribution is 2.27. The van der Waals surface area contributed by atoms with Crippen LogP contribution in [0.4, 0.5) is 0 Å². The van der Waals surface area contributed by atoms with Crippen LogP contribution >= 0.6 is 0 Å². The fourth-order valence-electron chi connectivity index (χ4n) is 2.73. The van der Waals surface area contributed by atoms with E-state index >= 15 is 0 Å². The van der Waals surface area contributed by atoms with E-state index < -0.39 is 5.97 Å². The van der Waals surface area contributed by atoms with Gasteiger partial charge in [-0.15, -0.1) is 0 Å². The van der Waals surface area contributed by atoms with Crippen LogP contribution in [-0.2, 0) is 16.0 Å². The molecule has 8 nitrogen and oxygen atoms in total. The van der Waals surface area contributed by atoms with E-state index in [0.29, 0.717) is 42.2 Å². The zero-order valence-corrected chi connectivity index (χ0v) is 17.3. The lowest BCUT2D eigenvalue weighted by atomic mass is 10.1. The Kier molecular flexibility index (Phi) is 8.68. The van der Waals surface area contributed by atoms with Crippen molar-refractivity contribution in [2.45, 2.75) is 19.8 Å². The number of aryl methyl sites for hydroxylation is 1. The Morgan fingerprint density at radius 3 is 2.33 bits per heavy atom. The predicted molar refractivity (Wildman–Crippen MR) is 111 cm³/mol. The molecule has 0 unspecified atom stereocenters. The third-order valence-corrected chi connectivity index (χ3v) is 4.18. The van der Waals surface area contributed by atoms with Crippen molar-refractivity contribution >= 4 is 17.8 Å². The maximum absolute atomic E-state index is 12.2. The van der Waals surface area contributed by atoms with Gasteiger partial charge in [0.05, 0.1) is 14.2 Å². The van der Waals surface area contributed by atoms with Crippen LogP contribution < -0.4 is 24.8 Å². The maximum atomic E-state index is 12.2. The Morgan fingerprint density at radius 2 is 1.63 bits per heavy atom. The van der Waals surface area contributed by atoms with E-state index in [0.717, 1.165) is 5.56 Å². The summed E-state index contributed by atoms with van der Waals surface area (Å²) in [4.78, 5) is 35.2. The number of ether oxygens (including phenoxy) is 3. The van der Waals surface area contributed by atoms with E-state index in [2.05, 4.69) is 10.6 Å². The molecule has 0 atom stereocenters. The molecule has 0 radical (unpaired) electrons. The van der Waals surface area contributed by atoms with Crippen LogP contribution in [0.5, 0.6) is 17.2 Å². The highest BCUT2D eigenvalue weighted by Gasteiger charge is 2.09. The average molecular weight is 414 g/mol. The van der Waals surface area contributed by atoms with Crippen molar-refractivity contribution in [2.24, 2.45) is 0 Å². The first-order chi connectivity index (χ1) is 14.4. The number of amides is 2. The summed E-state index contributed by atoms with van der Waals surface area (Å²) in [7, 11) is 3.13. The summed E-state index contributed by atoms with van der Waals surface area (Å²) < 4.78 is 15.4. The van der Waals surface area contributed by atoms with Gasteiger partial charge in [0.15, 0.2) is 11.5 Å². The van der Waals surface area contributed by atoms with Crippen molar-refractivity contribution in [1.82, 2.24) is 10.6 Å². The number of esters is 1. The SMILES string of the molecule is COc1ccc(CCC(=O)NCCNC(=O)c2cccc(OC(C)=O)c2)cc1OC. The molecule has 0 heterocycles. The van der Waals surface area contributed by atoms with Gasteiger partial charge >= 0.3 is 5.97 Å². The van der Waals surface area contributed by atoms with E-state index in [-0.39, 0.29) is 18.4 Å². The molecule has 160 valence electrons. The quantitative estimate of drug-likeness (QED) is 0.351. The molecule has 0 bridgehead atoms.